The first kappa shape index (κ1) is 12.0. The number of hydrogen-bond donors (Lipinski definition) is 2. The van der Waals surface area contributed by atoms with Gasteiger partial charge >= 0.3 is 0 Å². The Morgan fingerprint density at radius 2 is 2.25 bits per heavy atom. The molecule has 0 aromatic carbocycles. The van der Waals surface area contributed by atoms with Gasteiger partial charge in [0.05, 0.1) is 5.60 Å². The van der Waals surface area contributed by atoms with Crippen LogP contribution in [0.15, 0.2) is 12.7 Å². The maximum atomic E-state index is 10.0. The molecule has 0 saturated carbocycles. The molecule has 0 spiro atoms. The Bertz CT molecular complexity index is 138. The third-order valence-electron chi connectivity index (χ3n) is 2.35. The summed E-state index contributed by atoms with van der Waals surface area (Å²) in [7, 11) is 0. The van der Waals surface area contributed by atoms with Gasteiger partial charge in [-0.05, 0) is 30.8 Å². The van der Waals surface area contributed by atoms with E-state index in [0.717, 1.165) is 12.0 Å². The molecule has 12 heavy (non-hydrogen) atoms. The fourth-order valence-corrected chi connectivity index (χ4v) is 1.74. The van der Waals surface area contributed by atoms with Gasteiger partial charge in [0.25, 0.3) is 0 Å². The lowest BCUT2D eigenvalue weighted by Crippen LogP contribution is -2.36. The van der Waals surface area contributed by atoms with E-state index in [4.69, 9.17) is 4.55 Å². The third-order valence-corrected chi connectivity index (χ3v) is 3.00. The average Bonchev–Trinajstić information content (AvgIpc) is 2.05. The number of rotatable bonds is 6. The highest BCUT2D eigenvalue weighted by molar-refractivity contribution is 7.93. The van der Waals surface area contributed by atoms with Gasteiger partial charge in [-0.1, -0.05) is 19.9 Å². The molecule has 2 N–H and O–H groups in total. The van der Waals surface area contributed by atoms with Crippen molar-refractivity contribution >= 4 is 12.0 Å². The van der Waals surface area contributed by atoms with E-state index in [-0.39, 0.29) is 5.92 Å². The first-order valence-corrected chi connectivity index (χ1v) is 5.14. The molecule has 0 fully saturated rings. The van der Waals surface area contributed by atoms with Crippen molar-refractivity contribution in [1.29, 1.82) is 0 Å². The molecule has 72 valence electrons. The second-order valence-corrected chi connectivity index (χ2v) is 3.74. The summed E-state index contributed by atoms with van der Waals surface area (Å²) in [6.45, 7) is 7.49. The molecule has 0 aliphatic carbocycles. The van der Waals surface area contributed by atoms with Crippen molar-refractivity contribution < 1.29 is 9.66 Å². The van der Waals surface area contributed by atoms with Gasteiger partial charge in [-0.3, -0.25) is 0 Å². The highest BCUT2D eigenvalue weighted by Crippen LogP contribution is 2.27. The van der Waals surface area contributed by atoms with E-state index in [1.54, 1.807) is 6.08 Å². The third kappa shape index (κ3) is 3.17. The quantitative estimate of drug-likeness (QED) is 0.499. The summed E-state index contributed by atoms with van der Waals surface area (Å²) < 4.78 is 8.64. The van der Waals surface area contributed by atoms with E-state index < -0.39 is 5.60 Å². The minimum atomic E-state index is -0.697. The van der Waals surface area contributed by atoms with E-state index >= 15 is 0 Å². The van der Waals surface area contributed by atoms with Gasteiger partial charge in [-0.25, -0.2) is 0 Å². The summed E-state index contributed by atoms with van der Waals surface area (Å²) in [5.74, 6) is 0.661. The van der Waals surface area contributed by atoms with Gasteiger partial charge in [-0.15, -0.1) is 6.58 Å². The predicted molar refractivity (Wildman–Crippen MR) is 54.3 cm³/mol. The minimum Gasteiger partial charge on any atom is -0.389 e. The van der Waals surface area contributed by atoms with Crippen LogP contribution < -0.4 is 0 Å². The second-order valence-electron chi connectivity index (χ2n) is 3.15. The van der Waals surface area contributed by atoms with Crippen LogP contribution in [-0.2, 0) is 0 Å². The molecule has 2 nitrogen and oxygen atoms in total. The number of hydrogen-bond acceptors (Lipinski definition) is 3. The van der Waals surface area contributed by atoms with Crippen LogP contribution in [0.4, 0.5) is 0 Å². The van der Waals surface area contributed by atoms with Gasteiger partial charge in [0.1, 0.15) is 0 Å². The highest BCUT2D eigenvalue weighted by Gasteiger charge is 2.30. The van der Waals surface area contributed by atoms with Crippen molar-refractivity contribution in [3.8, 4) is 0 Å². The molecule has 0 saturated heterocycles. The van der Waals surface area contributed by atoms with E-state index in [9.17, 15) is 5.11 Å². The smallest absolute Gasteiger partial charge is 0.0713 e. The topological polar surface area (TPSA) is 40.5 Å². The Morgan fingerprint density at radius 1 is 1.67 bits per heavy atom. The largest absolute Gasteiger partial charge is 0.389 e. The zero-order valence-corrected chi connectivity index (χ0v) is 8.60. The maximum absolute atomic E-state index is 10.0. The van der Waals surface area contributed by atoms with Crippen molar-refractivity contribution in [2.24, 2.45) is 5.92 Å². The van der Waals surface area contributed by atoms with Crippen molar-refractivity contribution in [3.05, 3.63) is 12.7 Å². The van der Waals surface area contributed by atoms with Crippen LogP contribution >= 0.6 is 12.0 Å². The van der Waals surface area contributed by atoms with Gasteiger partial charge in [0.15, 0.2) is 0 Å². The van der Waals surface area contributed by atoms with Gasteiger partial charge < -0.3 is 9.66 Å². The van der Waals surface area contributed by atoms with Gasteiger partial charge in [-0.2, -0.15) is 0 Å². The zero-order valence-electron chi connectivity index (χ0n) is 7.79. The van der Waals surface area contributed by atoms with Crippen molar-refractivity contribution in [2.75, 3.05) is 5.75 Å². The molecule has 2 atom stereocenters. The fraction of sp³-hybridized carbons (Fsp3) is 0.778. The molecule has 0 radical (unpaired) electrons. The molecule has 0 amide bonds. The maximum Gasteiger partial charge on any atom is 0.0713 e. The Balaban J connectivity index is 4.17. The molecule has 0 aromatic heterocycles. The van der Waals surface area contributed by atoms with Crippen LogP contribution in [-0.4, -0.2) is 21.0 Å². The average molecular weight is 190 g/mol. The van der Waals surface area contributed by atoms with E-state index in [1.807, 2.05) is 13.8 Å². The SMILES string of the molecule is C=CCC(O)(CC)C(C)CSO. The van der Waals surface area contributed by atoms with Crippen molar-refractivity contribution in [2.45, 2.75) is 32.3 Å². The first-order valence-electron chi connectivity index (χ1n) is 4.20. The molecular formula is C9H18O2S. The lowest BCUT2D eigenvalue weighted by Gasteiger charge is -2.31. The fourth-order valence-electron chi connectivity index (χ4n) is 1.21. The lowest BCUT2D eigenvalue weighted by molar-refractivity contribution is -0.00418. The molecule has 0 aromatic rings. The zero-order chi connectivity index (χ0) is 9.61. The summed E-state index contributed by atoms with van der Waals surface area (Å²) in [4.78, 5) is 0. The van der Waals surface area contributed by atoms with E-state index in [0.29, 0.717) is 18.6 Å². The Kier molecular flexibility index (Phi) is 5.63. The molecule has 0 aliphatic heterocycles. The van der Waals surface area contributed by atoms with Crippen LogP contribution in [0.25, 0.3) is 0 Å². The lowest BCUT2D eigenvalue weighted by atomic mass is 9.85. The molecule has 0 rings (SSSR count). The predicted octanol–water partition coefficient (Wildman–Crippen LogP) is 2.55. The minimum absolute atomic E-state index is 0.0931. The molecule has 0 heterocycles. The van der Waals surface area contributed by atoms with Crippen LogP contribution in [0.3, 0.4) is 0 Å². The molecule has 0 aliphatic rings. The van der Waals surface area contributed by atoms with Crippen LogP contribution in [0.5, 0.6) is 0 Å². The van der Waals surface area contributed by atoms with E-state index in [2.05, 4.69) is 6.58 Å². The second kappa shape index (κ2) is 5.62. The molecule has 3 heteroatoms. The highest BCUT2D eigenvalue weighted by atomic mass is 32.2. The van der Waals surface area contributed by atoms with Crippen molar-refractivity contribution in [1.82, 2.24) is 0 Å². The normalized spacial score (nSPS) is 18.3. The summed E-state index contributed by atoms with van der Waals surface area (Å²) >= 11 is 0.784. The Morgan fingerprint density at radius 3 is 2.58 bits per heavy atom. The van der Waals surface area contributed by atoms with Gasteiger partial charge in [0, 0.05) is 5.75 Å². The van der Waals surface area contributed by atoms with Gasteiger partial charge in [0.2, 0.25) is 0 Å². The monoisotopic (exact) mass is 190 g/mol. The molecule has 2 unspecified atom stereocenters. The standard InChI is InChI=1S/C9H18O2S/c1-4-6-9(10,5-2)8(3)7-12-11/h4,8,10-11H,1,5-7H2,2-3H3. The Labute approximate surface area is 78.9 Å². The summed E-state index contributed by atoms with van der Waals surface area (Å²) in [5.41, 5.74) is -0.697. The summed E-state index contributed by atoms with van der Waals surface area (Å²) in [6.07, 6.45) is 3.01. The summed E-state index contributed by atoms with van der Waals surface area (Å²) in [5, 5.41) is 10.0. The van der Waals surface area contributed by atoms with E-state index in [1.165, 1.54) is 0 Å². The van der Waals surface area contributed by atoms with Crippen molar-refractivity contribution in [3.63, 3.8) is 0 Å². The van der Waals surface area contributed by atoms with Crippen LogP contribution in [0.2, 0.25) is 0 Å². The molecular weight excluding hydrogens is 172 g/mol. The van der Waals surface area contributed by atoms with Crippen LogP contribution in [0, 0.1) is 5.92 Å². The first-order chi connectivity index (χ1) is 5.60. The Hall–Kier alpha value is 0.01000. The van der Waals surface area contributed by atoms with Crippen LogP contribution in [0.1, 0.15) is 26.7 Å². The summed E-state index contributed by atoms with van der Waals surface area (Å²) in [6, 6.07) is 0. The number of aliphatic hydroxyl groups is 1. The molecule has 0 bridgehead atoms.